The first-order chi connectivity index (χ1) is 10.0. The molecule has 0 bridgehead atoms. The quantitative estimate of drug-likeness (QED) is 0.758. The van der Waals surface area contributed by atoms with E-state index in [1.54, 1.807) is 6.07 Å². The fourth-order valence-electron chi connectivity index (χ4n) is 2.83. The van der Waals surface area contributed by atoms with E-state index in [0.29, 0.717) is 6.04 Å². The number of anilines is 1. The highest BCUT2D eigenvalue weighted by Gasteiger charge is 2.28. The summed E-state index contributed by atoms with van der Waals surface area (Å²) >= 11 is 0. The third-order valence-corrected chi connectivity index (χ3v) is 4.25. The highest BCUT2D eigenvalue weighted by Crippen LogP contribution is 2.35. The standard InChI is InChI=1S/C18H29FN2/c1-5-11-20-14(4)18-16(19)7-6-8-17(18)21(13(2)3)12-15-9-10-15/h6-8,13-15,20H,5,9-12H2,1-4H3. The molecule has 0 saturated heterocycles. The lowest BCUT2D eigenvalue weighted by Gasteiger charge is -2.33. The Labute approximate surface area is 128 Å². The minimum Gasteiger partial charge on any atom is -0.368 e. The van der Waals surface area contributed by atoms with Gasteiger partial charge in [-0.15, -0.1) is 0 Å². The Morgan fingerprint density at radius 3 is 2.57 bits per heavy atom. The summed E-state index contributed by atoms with van der Waals surface area (Å²) in [6.07, 6.45) is 3.69. The summed E-state index contributed by atoms with van der Waals surface area (Å²) in [6, 6.07) is 5.93. The van der Waals surface area contributed by atoms with Gasteiger partial charge in [0.25, 0.3) is 0 Å². The molecule has 1 unspecified atom stereocenters. The second-order valence-corrected chi connectivity index (χ2v) is 6.54. The molecule has 21 heavy (non-hydrogen) atoms. The fourth-order valence-corrected chi connectivity index (χ4v) is 2.83. The van der Waals surface area contributed by atoms with Gasteiger partial charge < -0.3 is 10.2 Å². The zero-order chi connectivity index (χ0) is 15.4. The number of benzene rings is 1. The van der Waals surface area contributed by atoms with E-state index in [1.165, 1.54) is 12.8 Å². The molecule has 0 aromatic heterocycles. The number of hydrogen-bond acceptors (Lipinski definition) is 2. The lowest BCUT2D eigenvalue weighted by atomic mass is 10.0. The van der Waals surface area contributed by atoms with Crippen molar-refractivity contribution in [1.29, 1.82) is 0 Å². The van der Waals surface area contributed by atoms with Crippen LogP contribution in [0.2, 0.25) is 0 Å². The van der Waals surface area contributed by atoms with Crippen molar-refractivity contribution in [3.05, 3.63) is 29.6 Å². The van der Waals surface area contributed by atoms with Crippen molar-refractivity contribution in [2.45, 2.75) is 59.0 Å². The Hall–Kier alpha value is -1.09. The Morgan fingerprint density at radius 1 is 1.29 bits per heavy atom. The van der Waals surface area contributed by atoms with Crippen LogP contribution in [0.25, 0.3) is 0 Å². The molecule has 2 nitrogen and oxygen atoms in total. The molecule has 0 amide bonds. The van der Waals surface area contributed by atoms with Crippen LogP contribution in [0.15, 0.2) is 18.2 Å². The average molecular weight is 292 g/mol. The van der Waals surface area contributed by atoms with Crippen molar-refractivity contribution in [3.8, 4) is 0 Å². The molecule has 3 heteroatoms. The van der Waals surface area contributed by atoms with Gasteiger partial charge in [-0.3, -0.25) is 0 Å². The summed E-state index contributed by atoms with van der Waals surface area (Å²) in [5.74, 6) is 0.701. The third kappa shape index (κ3) is 4.19. The van der Waals surface area contributed by atoms with Gasteiger partial charge in [0.05, 0.1) is 0 Å². The van der Waals surface area contributed by atoms with Crippen molar-refractivity contribution >= 4 is 5.69 Å². The minimum atomic E-state index is -0.0925. The topological polar surface area (TPSA) is 15.3 Å². The summed E-state index contributed by atoms with van der Waals surface area (Å²) in [4.78, 5) is 2.38. The molecule has 1 fully saturated rings. The average Bonchev–Trinajstić information content (AvgIpc) is 3.25. The van der Waals surface area contributed by atoms with E-state index < -0.39 is 0 Å². The van der Waals surface area contributed by atoms with Crippen LogP contribution in [0.5, 0.6) is 0 Å². The van der Waals surface area contributed by atoms with Crippen LogP contribution >= 0.6 is 0 Å². The highest BCUT2D eigenvalue weighted by molar-refractivity contribution is 5.56. The maximum atomic E-state index is 14.4. The minimum absolute atomic E-state index is 0.0432. The molecule has 1 atom stereocenters. The van der Waals surface area contributed by atoms with E-state index in [4.69, 9.17) is 0 Å². The van der Waals surface area contributed by atoms with Crippen molar-refractivity contribution in [2.75, 3.05) is 18.0 Å². The third-order valence-electron chi connectivity index (χ3n) is 4.25. The monoisotopic (exact) mass is 292 g/mol. The van der Waals surface area contributed by atoms with E-state index in [2.05, 4.69) is 44.0 Å². The molecule has 2 rings (SSSR count). The van der Waals surface area contributed by atoms with Crippen LogP contribution < -0.4 is 10.2 Å². The van der Waals surface area contributed by atoms with Gasteiger partial charge in [0.2, 0.25) is 0 Å². The normalized spacial score (nSPS) is 16.3. The fraction of sp³-hybridized carbons (Fsp3) is 0.667. The Morgan fingerprint density at radius 2 is 2.00 bits per heavy atom. The summed E-state index contributed by atoms with van der Waals surface area (Å²) in [5.41, 5.74) is 1.88. The molecular weight excluding hydrogens is 263 g/mol. The van der Waals surface area contributed by atoms with Crippen molar-refractivity contribution in [1.82, 2.24) is 5.32 Å². The van der Waals surface area contributed by atoms with Gasteiger partial charge in [0, 0.05) is 29.9 Å². The van der Waals surface area contributed by atoms with Crippen molar-refractivity contribution in [2.24, 2.45) is 5.92 Å². The van der Waals surface area contributed by atoms with Crippen molar-refractivity contribution in [3.63, 3.8) is 0 Å². The SMILES string of the molecule is CCCNC(C)c1c(F)cccc1N(CC1CC1)C(C)C. The summed E-state index contributed by atoms with van der Waals surface area (Å²) in [5, 5.41) is 3.43. The van der Waals surface area contributed by atoms with Gasteiger partial charge in [0.15, 0.2) is 0 Å². The predicted molar refractivity (Wildman–Crippen MR) is 88.3 cm³/mol. The molecule has 1 aliphatic carbocycles. The molecular formula is C18H29FN2. The molecule has 0 spiro atoms. The molecule has 1 aromatic rings. The largest absolute Gasteiger partial charge is 0.368 e. The Balaban J connectivity index is 2.29. The smallest absolute Gasteiger partial charge is 0.130 e. The van der Waals surface area contributed by atoms with E-state index in [0.717, 1.165) is 36.7 Å². The molecule has 0 radical (unpaired) electrons. The zero-order valence-corrected chi connectivity index (χ0v) is 13.8. The maximum Gasteiger partial charge on any atom is 0.130 e. The second-order valence-electron chi connectivity index (χ2n) is 6.54. The lowest BCUT2D eigenvalue weighted by molar-refractivity contribution is 0.522. The predicted octanol–water partition coefficient (Wildman–Crippen LogP) is 4.51. The van der Waals surface area contributed by atoms with Gasteiger partial charge in [-0.1, -0.05) is 13.0 Å². The van der Waals surface area contributed by atoms with E-state index >= 15 is 0 Å². The number of nitrogens with one attached hydrogen (secondary N) is 1. The molecule has 1 aliphatic rings. The van der Waals surface area contributed by atoms with Crippen LogP contribution in [0.1, 0.15) is 58.6 Å². The molecule has 0 aliphatic heterocycles. The first kappa shape index (κ1) is 16.3. The molecule has 1 aromatic carbocycles. The molecule has 1 N–H and O–H groups in total. The van der Waals surface area contributed by atoms with E-state index in [9.17, 15) is 4.39 Å². The number of nitrogens with zero attached hydrogens (tertiary/aromatic N) is 1. The first-order valence-corrected chi connectivity index (χ1v) is 8.33. The number of rotatable bonds is 8. The zero-order valence-electron chi connectivity index (χ0n) is 13.8. The Kier molecular flexibility index (Phi) is 5.63. The summed E-state index contributed by atoms with van der Waals surface area (Å²) in [7, 11) is 0. The number of hydrogen-bond donors (Lipinski definition) is 1. The van der Waals surface area contributed by atoms with Crippen LogP contribution in [0, 0.1) is 11.7 Å². The molecule has 1 saturated carbocycles. The molecule has 118 valence electrons. The van der Waals surface area contributed by atoms with E-state index in [1.807, 2.05) is 6.07 Å². The van der Waals surface area contributed by atoms with Gasteiger partial charge in [-0.25, -0.2) is 4.39 Å². The lowest BCUT2D eigenvalue weighted by Crippen LogP contribution is -2.35. The van der Waals surface area contributed by atoms with Crippen LogP contribution in [0.3, 0.4) is 0 Å². The number of halogens is 1. The second kappa shape index (κ2) is 7.26. The van der Waals surface area contributed by atoms with Gasteiger partial charge in [-0.05, 0) is 64.6 Å². The van der Waals surface area contributed by atoms with Crippen molar-refractivity contribution < 1.29 is 4.39 Å². The Bertz CT molecular complexity index is 455. The van der Waals surface area contributed by atoms with Gasteiger partial charge in [0.1, 0.15) is 5.82 Å². The summed E-state index contributed by atoms with van der Waals surface area (Å²) < 4.78 is 14.4. The first-order valence-electron chi connectivity index (χ1n) is 8.33. The molecule has 0 heterocycles. The van der Waals surface area contributed by atoms with Gasteiger partial charge >= 0.3 is 0 Å². The van der Waals surface area contributed by atoms with E-state index in [-0.39, 0.29) is 11.9 Å². The van der Waals surface area contributed by atoms with Crippen LogP contribution in [-0.4, -0.2) is 19.1 Å². The van der Waals surface area contributed by atoms with Gasteiger partial charge in [-0.2, -0.15) is 0 Å². The van der Waals surface area contributed by atoms with Crippen LogP contribution in [-0.2, 0) is 0 Å². The summed E-state index contributed by atoms with van der Waals surface area (Å²) in [6.45, 7) is 10.6. The van der Waals surface area contributed by atoms with Crippen LogP contribution in [0.4, 0.5) is 10.1 Å². The highest BCUT2D eigenvalue weighted by atomic mass is 19.1. The maximum absolute atomic E-state index is 14.4.